The maximum atomic E-state index is 13.0. The highest BCUT2D eigenvalue weighted by molar-refractivity contribution is 5.92. The number of aryl methyl sites for hydroxylation is 1. The average molecular weight is 357 g/mol. The third-order valence-corrected chi connectivity index (χ3v) is 5.89. The number of nitrogens with zero attached hydrogens (tertiary/aromatic N) is 5. The first-order valence-electron chi connectivity index (χ1n) is 9.67. The molecule has 2 aliphatic rings. The fourth-order valence-corrected chi connectivity index (χ4v) is 4.63. The first kappa shape index (κ1) is 17.2. The van der Waals surface area contributed by atoms with Crippen molar-refractivity contribution >= 4 is 5.91 Å². The van der Waals surface area contributed by atoms with Gasteiger partial charge in [-0.3, -0.25) is 9.48 Å². The second-order valence-electron chi connectivity index (χ2n) is 8.07. The van der Waals surface area contributed by atoms with Crippen molar-refractivity contribution in [3.63, 3.8) is 0 Å². The summed E-state index contributed by atoms with van der Waals surface area (Å²) < 4.78 is 7.28. The summed E-state index contributed by atoms with van der Waals surface area (Å²) in [7, 11) is 0. The first-order valence-corrected chi connectivity index (χ1v) is 9.67. The van der Waals surface area contributed by atoms with Crippen molar-refractivity contribution in [3.05, 3.63) is 29.7 Å². The van der Waals surface area contributed by atoms with Crippen LogP contribution in [0.2, 0.25) is 0 Å². The van der Waals surface area contributed by atoms with Crippen LogP contribution in [-0.2, 0) is 18.4 Å². The average Bonchev–Trinajstić information content (AvgIpc) is 3.35. The van der Waals surface area contributed by atoms with Gasteiger partial charge in [-0.05, 0) is 37.7 Å². The van der Waals surface area contributed by atoms with Crippen LogP contribution in [0.3, 0.4) is 0 Å². The molecule has 0 N–H and O–H groups in total. The SMILES string of the molecule is CCn1nccc1C(=O)N1C[C@H]2CCC[C@@]2(c2noc(CC(C)C)n2)C1. The summed E-state index contributed by atoms with van der Waals surface area (Å²) in [6.45, 7) is 8.42. The fraction of sp³-hybridized carbons (Fsp3) is 0.684. The molecule has 0 radical (unpaired) electrons. The van der Waals surface area contributed by atoms with E-state index in [0.29, 0.717) is 36.5 Å². The van der Waals surface area contributed by atoms with Crippen LogP contribution in [0.5, 0.6) is 0 Å². The molecule has 2 atom stereocenters. The van der Waals surface area contributed by atoms with Crippen LogP contribution in [0.4, 0.5) is 0 Å². The van der Waals surface area contributed by atoms with Gasteiger partial charge >= 0.3 is 0 Å². The van der Waals surface area contributed by atoms with E-state index in [0.717, 1.165) is 38.1 Å². The molecule has 1 saturated carbocycles. The molecule has 0 bridgehead atoms. The largest absolute Gasteiger partial charge is 0.339 e. The van der Waals surface area contributed by atoms with E-state index in [2.05, 4.69) is 24.1 Å². The zero-order chi connectivity index (χ0) is 18.3. The number of aromatic nitrogens is 4. The van der Waals surface area contributed by atoms with Crippen molar-refractivity contribution < 1.29 is 9.32 Å². The molecule has 7 nitrogen and oxygen atoms in total. The fourth-order valence-electron chi connectivity index (χ4n) is 4.63. The van der Waals surface area contributed by atoms with Gasteiger partial charge in [-0.1, -0.05) is 25.4 Å². The molecular formula is C19H27N5O2. The van der Waals surface area contributed by atoms with Crippen molar-refractivity contribution in [3.8, 4) is 0 Å². The van der Waals surface area contributed by atoms with Crippen LogP contribution in [-0.4, -0.2) is 43.8 Å². The highest BCUT2D eigenvalue weighted by Gasteiger charge is 2.54. The van der Waals surface area contributed by atoms with Gasteiger partial charge in [-0.2, -0.15) is 10.1 Å². The molecule has 1 amide bonds. The predicted molar refractivity (Wildman–Crippen MR) is 95.7 cm³/mol. The highest BCUT2D eigenvalue weighted by atomic mass is 16.5. The predicted octanol–water partition coefficient (Wildman–Crippen LogP) is 2.68. The Labute approximate surface area is 153 Å². The van der Waals surface area contributed by atoms with Crippen molar-refractivity contribution in [1.29, 1.82) is 0 Å². The Hall–Kier alpha value is -2.18. The maximum Gasteiger partial charge on any atom is 0.272 e. The molecule has 3 heterocycles. The van der Waals surface area contributed by atoms with Gasteiger partial charge in [0, 0.05) is 32.3 Å². The second kappa shape index (κ2) is 6.52. The van der Waals surface area contributed by atoms with Crippen LogP contribution in [0.15, 0.2) is 16.8 Å². The summed E-state index contributed by atoms with van der Waals surface area (Å²) in [5.41, 5.74) is 0.516. The number of carbonyl (C=O) groups is 1. The minimum atomic E-state index is -0.147. The standard InChI is InChI=1S/C19H27N5O2/c1-4-24-15(7-9-20-24)17(25)23-11-14-6-5-8-19(14,12-23)18-21-16(26-22-18)10-13(2)3/h7,9,13-14H,4-6,8,10-12H2,1-3H3/t14-,19-/m1/s1. The van der Waals surface area contributed by atoms with Gasteiger partial charge in [0.05, 0.1) is 5.41 Å². The van der Waals surface area contributed by atoms with E-state index in [-0.39, 0.29) is 11.3 Å². The van der Waals surface area contributed by atoms with Gasteiger partial charge < -0.3 is 9.42 Å². The third kappa shape index (κ3) is 2.73. The Kier molecular flexibility index (Phi) is 4.32. The molecule has 0 unspecified atom stereocenters. The van der Waals surface area contributed by atoms with Crippen LogP contribution < -0.4 is 0 Å². The Bertz CT molecular complexity index is 795. The van der Waals surface area contributed by atoms with Crippen molar-refractivity contribution in [2.75, 3.05) is 13.1 Å². The van der Waals surface area contributed by atoms with Gasteiger partial charge in [0.25, 0.3) is 5.91 Å². The Morgan fingerprint density at radius 3 is 3.08 bits per heavy atom. The number of hydrogen-bond acceptors (Lipinski definition) is 5. The highest BCUT2D eigenvalue weighted by Crippen LogP contribution is 2.49. The van der Waals surface area contributed by atoms with E-state index in [9.17, 15) is 4.79 Å². The lowest BCUT2D eigenvalue weighted by atomic mass is 9.80. The minimum absolute atomic E-state index is 0.0593. The molecule has 1 saturated heterocycles. The molecule has 1 aliphatic heterocycles. The normalized spacial score (nSPS) is 25.2. The summed E-state index contributed by atoms with van der Waals surface area (Å²) in [6.07, 6.45) is 5.79. The summed E-state index contributed by atoms with van der Waals surface area (Å²) in [5.74, 6) is 2.47. The van der Waals surface area contributed by atoms with E-state index < -0.39 is 0 Å². The van der Waals surface area contributed by atoms with Crippen molar-refractivity contribution in [2.24, 2.45) is 11.8 Å². The monoisotopic (exact) mass is 357 g/mol. The molecule has 26 heavy (non-hydrogen) atoms. The van der Waals surface area contributed by atoms with Gasteiger partial charge in [-0.25, -0.2) is 0 Å². The smallest absolute Gasteiger partial charge is 0.272 e. The van der Waals surface area contributed by atoms with E-state index in [1.54, 1.807) is 10.9 Å². The lowest BCUT2D eigenvalue weighted by Gasteiger charge is -2.24. The Morgan fingerprint density at radius 1 is 1.46 bits per heavy atom. The molecule has 2 fully saturated rings. The van der Waals surface area contributed by atoms with Crippen molar-refractivity contribution in [2.45, 2.75) is 58.4 Å². The lowest BCUT2D eigenvalue weighted by Crippen LogP contribution is -2.36. The number of hydrogen-bond donors (Lipinski definition) is 0. The molecule has 4 rings (SSSR count). The molecule has 2 aromatic rings. The summed E-state index contributed by atoms with van der Waals surface area (Å²) >= 11 is 0. The molecular weight excluding hydrogens is 330 g/mol. The number of likely N-dealkylation sites (tertiary alicyclic amines) is 1. The Balaban J connectivity index is 1.59. The van der Waals surface area contributed by atoms with Gasteiger partial charge in [-0.15, -0.1) is 0 Å². The number of carbonyl (C=O) groups excluding carboxylic acids is 1. The van der Waals surface area contributed by atoms with Gasteiger partial charge in [0.1, 0.15) is 5.69 Å². The quantitative estimate of drug-likeness (QED) is 0.822. The number of rotatable bonds is 5. The molecule has 1 aliphatic carbocycles. The zero-order valence-electron chi connectivity index (χ0n) is 15.8. The Morgan fingerprint density at radius 2 is 2.31 bits per heavy atom. The van der Waals surface area contributed by atoms with E-state index >= 15 is 0 Å². The number of amides is 1. The van der Waals surface area contributed by atoms with Crippen LogP contribution in [0, 0.1) is 11.8 Å². The van der Waals surface area contributed by atoms with E-state index in [1.807, 2.05) is 17.9 Å². The van der Waals surface area contributed by atoms with Crippen LogP contribution in [0.25, 0.3) is 0 Å². The lowest BCUT2D eigenvalue weighted by molar-refractivity contribution is 0.0764. The third-order valence-electron chi connectivity index (χ3n) is 5.89. The molecule has 140 valence electrons. The van der Waals surface area contributed by atoms with Crippen molar-refractivity contribution in [1.82, 2.24) is 24.8 Å². The maximum absolute atomic E-state index is 13.0. The molecule has 0 aromatic carbocycles. The summed E-state index contributed by atoms with van der Waals surface area (Å²) in [6, 6.07) is 1.81. The van der Waals surface area contributed by atoms with E-state index in [1.165, 1.54) is 0 Å². The van der Waals surface area contributed by atoms with Gasteiger partial charge in [0.15, 0.2) is 5.82 Å². The molecule has 0 spiro atoms. The van der Waals surface area contributed by atoms with Crippen LogP contribution >= 0.6 is 0 Å². The summed E-state index contributed by atoms with van der Waals surface area (Å²) in [5, 5.41) is 8.57. The zero-order valence-corrected chi connectivity index (χ0v) is 15.8. The summed E-state index contributed by atoms with van der Waals surface area (Å²) in [4.78, 5) is 19.7. The van der Waals surface area contributed by atoms with E-state index in [4.69, 9.17) is 9.51 Å². The molecule has 2 aromatic heterocycles. The van der Waals surface area contributed by atoms with Crippen LogP contribution in [0.1, 0.15) is 62.2 Å². The minimum Gasteiger partial charge on any atom is -0.339 e. The second-order valence-corrected chi connectivity index (χ2v) is 8.07. The topological polar surface area (TPSA) is 77.0 Å². The number of fused-ring (bicyclic) bond motifs is 1. The first-order chi connectivity index (χ1) is 12.5. The molecule has 7 heteroatoms. The van der Waals surface area contributed by atoms with Gasteiger partial charge in [0.2, 0.25) is 5.89 Å².